The first-order valence-corrected chi connectivity index (χ1v) is 11.1. The molecule has 0 radical (unpaired) electrons. The van der Waals surface area contributed by atoms with E-state index in [4.69, 9.17) is 9.47 Å². The first kappa shape index (κ1) is 19.8. The number of aryl methyl sites for hydroxylation is 1. The van der Waals surface area contributed by atoms with Crippen molar-refractivity contribution in [3.05, 3.63) is 34.1 Å². The van der Waals surface area contributed by atoms with Gasteiger partial charge in [-0.15, -0.1) is 0 Å². The first-order valence-electron chi connectivity index (χ1n) is 9.25. The molecule has 2 aromatic rings. The molecule has 0 N–H and O–H groups in total. The third-order valence-electron chi connectivity index (χ3n) is 4.50. The summed E-state index contributed by atoms with van der Waals surface area (Å²) in [6.45, 7) is 8.08. The zero-order valence-corrected chi connectivity index (χ0v) is 18.1. The Morgan fingerprint density at radius 2 is 2.31 bits per heavy atom. The molecule has 1 fully saturated rings. The summed E-state index contributed by atoms with van der Waals surface area (Å²) in [4.78, 5) is 0. The fourth-order valence-corrected chi connectivity index (χ4v) is 4.57. The third kappa shape index (κ3) is 4.65. The highest BCUT2D eigenvalue weighted by Crippen LogP contribution is 2.34. The summed E-state index contributed by atoms with van der Waals surface area (Å²) in [6.07, 6.45) is 9.17. The molecule has 1 aromatic carbocycles. The number of rotatable bonds is 7. The van der Waals surface area contributed by atoms with E-state index in [0.717, 1.165) is 52.7 Å². The SMILES string of the molecule is Cc1cc2c(cnn2C2CCCCO2)c(Br)c1/C=C/OCCSC(C)C. The van der Waals surface area contributed by atoms with Crippen LogP contribution in [0.2, 0.25) is 0 Å². The molecular weight excluding hydrogens is 412 g/mol. The molecule has 0 spiro atoms. The second-order valence-electron chi connectivity index (χ2n) is 6.86. The molecule has 1 unspecified atom stereocenters. The summed E-state index contributed by atoms with van der Waals surface area (Å²) < 4.78 is 14.6. The fourth-order valence-electron chi connectivity index (χ4n) is 3.15. The van der Waals surface area contributed by atoms with E-state index in [9.17, 15) is 0 Å². The van der Waals surface area contributed by atoms with Gasteiger partial charge in [0.05, 0.1) is 24.6 Å². The van der Waals surface area contributed by atoms with Crippen LogP contribution in [0.25, 0.3) is 17.0 Å². The molecule has 1 saturated heterocycles. The Kier molecular flexibility index (Phi) is 7.06. The zero-order valence-electron chi connectivity index (χ0n) is 15.7. The van der Waals surface area contributed by atoms with E-state index in [-0.39, 0.29) is 6.23 Å². The molecule has 142 valence electrons. The number of fused-ring (bicyclic) bond motifs is 1. The monoisotopic (exact) mass is 438 g/mol. The van der Waals surface area contributed by atoms with Crippen LogP contribution >= 0.6 is 27.7 Å². The maximum absolute atomic E-state index is 5.91. The summed E-state index contributed by atoms with van der Waals surface area (Å²) in [5, 5.41) is 6.36. The molecule has 0 bridgehead atoms. The third-order valence-corrected chi connectivity index (χ3v) is 6.42. The van der Waals surface area contributed by atoms with Crippen molar-refractivity contribution in [2.45, 2.75) is 51.5 Å². The number of halogens is 1. The van der Waals surface area contributed by atoms with Crippen LogP contribution in [0.4, 0.5) is 0 Å². The topological polar surface area (TPSA) is 36.3 Å². The molecule has 1 aromatic heterocycles. The van der Waals surface area contributed by atoms with Gasteiger partial charge in [-0.05, 0) is 70.6 Å². The molecular formula is C20H27BrN2O2S. The summed E-state index contributed by atoms with van der Waals surface area (Å²) in [5.41, 5.74) is 3.45. The standard InChI is InChI=1S/C20H27BrN2O2S/c1-14(2)26-11-10-24-9-7-16-15(3)12-18-17(20(16)21)13-22-23(18)19-6-4-5-8-25-19/h7,9,12-14,19H,4-6,8,10-11H2,1-3H3/b9-7+. The van der Waals surface area contributed by atoms with E-state index in [1.54, 1.807) is 6.26 Å². The Labute approximate surface area is 168 Å². The van der Waals surface area contributed by atoms with Gasteiger partial charge in [0.2, 0.25) is 0 Å². The largest absolute Gasteiger partial charge is 0.500 e. The number of ether oxygens (including phenoxy) is 2. The molecule has 1 atom stereocenters. The summed E-state index contributed by atoms with van der Waals surface area (Å²) in [5.74, 6) is 1.01. The molecule has 4 nitrogen and oxygen atoms in total. The van der Waals surface area contributed by atoms with Gasteiger partial charge in [0.1, 0.15) is 0 Å². The lowest BCUT2D eigenvalue weighted by molar-refractivity contribution is -0.0366. The van der Waals surface area contributed by atoms with Crippen LogP contribution in [0.1, 0.15) is 50.5 Å². The maximum Gasteiger partial charge on any atom is 0.150 e. The number of thioether (sulfide) groups is 1. The molecule has 26 heavy (non-hydrogen) atoms. The minimum absolute atomic E-state index is 0.0516. The van der Waals surface area contributed by atoms with Crippen molar-refractivity contribution in [2.24, 2.45) is 0 Å². The Morgan fingerprint density at radius 1 is 1.46 bits per heavy atom. The highest BCUT2D eigenvalue weighted by molar-refractivity contribution is 9.10. The second kappa shape index (κ2) is 9.29. The number of benzene rings is 1. The van der Waals surface area contributed by atoms with E-state index in [2.05, 4.69) is 47.9 Å². The van der Waals surface area contributed by atoms with E-state index in [0.29, 0.717) is 5.25 Å². The molecule has 0 amide bonds. The minimum atomic E-state index is 0.0516. The minimum Gasteiger partial charge on any atom is -0.500 e. The summed E-state index contributed by atoms with van der Waals surface area (Å²) in [7, 11) is 0. The van der Waals surface area contributed by atoms with E-state index >= 15 is 0 Å². The van der Waals surface area contributed by atoms with Crippen LogP contribution in [0.5, 0.6) is 0 Å². The summed E-state index contributed by atoms with van der Waals surface area (Å²) >= 11 is 5.68. The number of nitrogens with zero attached hydrogens (tertiary/aromatic N) is 2. The van der Waals surface area contributed by atoms with Crippen molar-refractivity contribution in [1.29, 1.82) is 0 Å². The van der Waals surface area contributed by atoms with Gasteiger partial charge >= 0.3 is 0 Å². The predicted octanol–water partition coefficient (Wildman–Crippen LogP) is 5.94. The summed E-state index contributed by atoms with van der Waals surface area (Å²) in [6, 6.07) is 2.19. The normalized spacial score (nSPS) is 18.3. The van der Waals surface area contributed by atoms with Gasteiger partial charge in [-0.25, -0.2) is 4.68 Å². The average Bonchev–Trinajstić information content (AvgIpc) is 3.04. The second-order valence-corrected chi connectivity index (χ2v) is 9.33. The molecule has 0 saturated carbocycles. The van der Waals surface area contributed by atoms with Gasteiger partial charge in [0.15, 0.2) is 6.23 Å². The van der Waals surface area contributed by atoms with E-state index < -0.39 is 0 Å². The van der Waals surface area contributed by atoms with Gasteiger partial charge in [-0.1, -0.05) is 13.8 Å². The molecule has 3 rings (SSSR count). The van der Waals surface area contributed by atoms with Crippen molar-refractivity contribution in [1.82, 2.24) is 9.78 Å². The van der Waals surface area contributed by atoms with Crippen LogP contribution in [0.15, 0.2) is 23.0 Å². The van der Waals surface area contributed by atoms with Crippen molar-refractivity contribution in [2.75, 3.05) is 19.0 Å². The van der Waals surface area contributed by atoms with E-state index in [1.165, 1.54) is 12.0 Å². The molecule has 1 aliphatic rings. The Hall–Kier alpha value is -0.980. The lowest BCUT2D eigenvalue weighted by Gasteiger charge is -2.23. The highest BCUT2D eigenvalue weighted by atomic mass is 79.9. The molecule has 0 aliphatic carbocycles. The average molecular weight is 439 g/mol. The van der Waals surface area contributed by atoms with Gasteiger partial charge in [-0.3, -0.25) is 0 Å². The van der Waals surface area contributed by atoms with Gasteiger partial charge in [0, 0.05) is 22.2 Å². The number of aromatic nitrogens is 2. The Morgan fingerprint density at radius 3 is 3.04 bits per heavy atom. The van der Waals surface area contributed by atoms with Crippen LogP contribution in [-0.2, 0) is 9.47 Å². The molecule has 6 heteroatoms. The maximum atomic E-state index is 5.91. The van der Waals surface area contributed by atoms with Crippen molar-refractivity contribution < 1.29 is 9.47 Å². The lowest BCUT2D eigenvalue weighted by Crippen LogP contribution is -2.19. The van der Waals surface area contributed by atoms with Crippen LogP contribution in [0, 0.1) is 6.92 Å². The quantitative estimate of drug-likeness (QED) is 0.396. The van der Waals surface area contributed by atoms with Gasteiger partial charge < -0.3 is 9.47 Å². The van der Waals surface area contributed by atoms with Gasteiger partial charge in [0.25, 0.3) is 0 Å². The zero-order chi connectivity index (χ0) is 18.5. The Balaban J connectivity index is 1.75. The predicted molar refractivity (Wildman–Crippen MR) is 114 cm³/mol. The Bertz CT molecular complexity index is 767. The van der Waals surface area contributed by atoms with Crippen molar-refractivity contribution in [3.63, 3.8) is 0 Å². The van der Waals surface area contributed by atoms with E-state index in [1.807, 2.05) is 28.7 Å². The smallest absolute Gasteiger partial charge is 0.150 e. The number of hydrogen-bond donors (Lipinski definition) is 0. The van der Waals surface area contributed by atoms with Crippen LogP contribution in [0.3, 0.4) is 0 Å². The highest BCUT2D eigenvalue weighted by Gasteiger charge is 2.20. The fraction of sp³-hybridized carbons (Fsp3) is 0.550. The molecule has 1 aliphatic heterocycles. The first-order chi connectivity index (χ1) is 12.6. The van der Waals surface area contributed by atoms with Crippen molar-refractivity contribution in [3.8, 4) is 0 Å². The van der Waals surface area contributed by atoms with Crippen molar-refractivity contribution >= 4 is 44.7 Å². The number of hydrogen-bond acceptors (Lipinski definition) is 4. The van der Waals surface area contributed by atoms with Gasteiger partial charge in [-0.2, -0.15) is 16.9 Å². The van der Waals surface area contributed by atoms with Crippen LogP contribution in [-0.4, -0.2) is 34.0 Å². The van der Waals surface area contributed by atoms with Crippen LogP contribution < -0.4 is 0 Å². The molecule has 2 heterocycles. The lowest BCUT2D eigenvalue weighted by atomic mass is 10.1.